The highest BCUT2D eigenvalue weighted by molar-refractivity contribution is 5.93. The molecule has 0 bridgehead atoms. The Balaban J connectivity index is 1.95. The molecule has 0 heterocycles. The van der Waals surface area contributed by atoms with Crippen molar-refractivity contribution < 1.29 is 29.0 Å². The Hall–Kier alpha value is -4.44. The van der Waals surface area contributed by atoms with Gasteiger partial charge in [0.05, 0.1) is 12.1 Å². The predicted molar refractivity (Wildman–Crippen MR) is 201 cm³/mol. The van der Waals surface area contributed by atoms with Crippen LogP contribution in [0, 0.1) is 17.8 Å². The van der Waals surface area contributed by atoms with Gasteiger partial charge in [0.15, 0.2) is 0 Å². The van der Waals surface area contributed by atoms with E-state index in [-0.39, 0.29) is 37.2 Å². The maximum Gasteiger partial charge on any atom is 0.408 e. The van der Waals surface area contributed by atoms with Crippen LogP contribution in [0.2, 0.25) is 0 Å². The maximum absolute atomic E-state index is 14.6. The van der Waals surface area contributed by atoms with Gasteiger partial charge < -0.3 is 31.1 Å². The standard InChI is InChI=1S/C41H58N4O6/c1-7-8-21-34(40(49)45(25-28(4)5)36(22-27(2)3)37(46)23-29(6)38(42)47)43-39(48)35(44-41(50)51-26-30-15-10-9-11-16-30)24-32-19-14-18-31-17-12-13-20-33(31)32/h9-20,27-29,34-37,46H,7-8,21-26H2,1-6H3,(H2,42,47)(H,43,48)(H,44,50)/t29-,34-,35-,36-,37-/m0/s1. The third-order valence-corrected chi connectivity index (χ3v) is 9.07. The van der Waals surface area contributed by atoms with E-state index in [0.717, 1.165) is 28.3 Å². The quantitative estimate of drug-likeness (QED) is 0.111. The Morgan fingerprint density at radius 3 is 2.14 bits per heavy atom. The van der Waals surface area contributed by atoms with Gasteiger partial charge in [0.2, 0.25) is 17.7 Å². The molecule has 10 nitrogen and oxygen atoms in total. The summed E-state index contributed by atoms with van der Waals surface area (Å²) in [6, 6.07) is 20.4. The van der Waals surface area contributed by atoms with Crippen LogP contribution in [-0.2, 0) is 32.1 Å². The van der Waals surface area contributed by atoms with Crippen LogP contribution in [-0.4, -0.2) is 64.6 Å². The normalized spacial score (nSPS) is 14.4. The first kappa shape index (κ1) is 41.0. The highest BCUT2D eigenvalue weighted by Crippen LogP contribution is 2.24. The highest BCUT2D eigenvalue weighted by atomic mass is 16.5. The summed E-state index contributed by atoms with van der Waals surface area (Å²) in [4.78, 5) is 55.6. The summed E-state index contributed by atoms with van der Waals surface area (Å²) >= 11 is 0. The number of benzene rings is 3. The van der Waals surface area contributed by atoms with Crippen LogP contribution in [0.1, 0.15) is 84.8 Å². The van der Waals surface area contributed by atoms with E-state index in [4.69, 9.17) is 10.5 Å². The van der Waals surface area contributed by atoms with Crippen molar-refractivity contribution in [2.45, 2.75) is 111 Å². The first-order valence-electron chi connectivity index (χ1n) is 18.3. The van der Waals surface area contributed by atoms with E-state index in [1.165, 1.54) is 0 Å². The molecule has 51 heavy (non-hydrogen) atoms. The van der Waals surface area contributed by atoms with Crippen molar-refractivity contribution in [3.8, 4) is 0 Å². The molecule has 5 atom stereocenters. The molecule has 4 amide bonds. The minimum Gasteiger partial charge on any atom is -0.445 e. The van der Waals surface area contributed by atoms with Gasteiger partial charge in [-0.25, -0.2) is 4.79 Å². The number of fused-ring (bicyclic) bond motifs is 1. The number of aliphatic hydroxyl groups is 1. The molecule has 5 N–H and O–H groups in total. The summed E-state index contributed by atoms with van der Waals surface area (Å²) in [5.41, 5.74) is 7.21. The molecule has 0 unspecified atom stereocenters. The first-order chi connectivity index (χ1) is 24.3. The number of carbonyl (C=O) groups excluding carboxylic acids is 4. The molecule has 0 aliphatic carbocycles. The fraction of sp³-hybridized carbons (Fsp3) is 0.512. The number of nitrogens with two attached hydrogens (primary N) is 1. The fourth-order valence-electron chi connectivity index (χ4n) is 6.34. The van der Waals surface area contributed by atoms with E-state index in [1.807, 2.05) is 107 Å². The van der Waals surface area contributed by atoms with Gasteiger partial charge in [-0.15, -0.1) is 0 Å². The zero-order valence-electron chi connectivity index (χ0n) is 31.1. The summed E-state index contributed by atoms with van der Waals surface area (Å²) in [7, 11) is 0. The minimum atomic E-state index is -1.05. The molecule has 0 fully saturated rings. The second kappa shape index (κ2) is 20.4. The average molecular weight is 703 g/mol. The van der Waals surface area contributed by atoms with Gasteiger partial charge in [0.25, 0.3) is 0 Å². The summed E-state index contributed by atoms with van der Waals surface area (Å²) in [5, 5.41) is 19.2. The third-order valence-electron chi connectivity index (χ3n) is 9.07. The number of primary amides is 1. The number of rotatable bonds is 20. The zero-order chi connectivity index (χ0) is 37.5. The number of amides is 4. The van der Waals surface area contributed by atoms with Crippen molar-refractivity contribution in [3.05, 3.63) is 83.9 Å². The van der Waals surface area contributed by atoms with Gasteiger partial charge in [-0.3, -0.25) is 14.4 Å². The van der Waals surface area contributed by atoms with Crippen molar-refractivity contribution in [2.24, 2.45) is 23.5 Å². The first-order valence-corrected chi connectivity index (χ1v) is 18.3. The number of nitrogens with zero attached hydrogens (tertiary/aromatic N) is 1. The average Bonchev–Trinajstić information content (AvgIpc) is 3.10. The van der Waals surface area contributed by atoms with E-state index in [9.17, 15) is 24.3 Å². The molecule has 10 heteroatoms. The summed E-state index contributed by atoms with van der Waals surface area (Å²) in [6.45, 7) is 12.1. The number of hydrogen-bond donors (Lipinski definition) is 4. The molecule has 0 aromatic heterocycles. The van der Waals surface area contributed by atoms with Crippen LogP contribution < -0.4 is 16.4 Å². The second-order valence-corrected chi connectivity index (χ2v) is 14.5. The van der Waals surface area contributed by atoms with Gasteiger partial charge in [0, 0.05) is 18.9 Å². The lowest BCUT2D eigenvalue weighted by atomic mass is 9.90. The van der Waals surface area contributed by atoms with E-state index in [0.29, 0.717) is 25.8 Å². The minimum absolute atomic E-state index is 0.0327. The van der Waals surface area contributed by atoms with Gasteiger partial charge in [-0.1, -0.05) is 127 Å². The molecule has 0 aliphatic rings. The molecule has 0 radical (unpaired) electrons. The topological polar surface area (TPSA) is 151 Å². The van der Waals surface area contributed by atoms with Crippen LogP contribution in [0.25, 0.3) is 10.8 Å². The fourth-order valence-corrected chi connectivity index (χ4v) is 6.34. The number of carbonyl (C=O) groups is 4. The van der Waals surface area contributed by atoms with Crippen molar-refractivity contribution in [2.75, 3.05) is 6.54 Å². The molecule has 0 spiro atoms. The largest absolute Gasteiger partial charge is 0.445 e. The molecule has 3 aromatic rings. The molecule has 3 rings (SSSR count). The highest BCUT2D eigenvalue weighted by Gasteiger charge is 2.37. The van der Waals surface area contributed by atoms with Crippen LogP contribution in [0.3, 0.4) is 0 Å². The molecule has 278 valence electrons. The van der Waals surface area contributed by atoms with Crippen molar-refractivity contribution in [1.29, 1.82) is 0 Å². The zero-order valence-corrected chi connectivity index (χ0v) is 31.1. The predicted octanol–water partition coefficient (Wildman–Crippen LogP) is 6.12. The van der Waals surface area contributed by atoms with Gasteiger partial charge >= 0.3 is 6.09 Å². The lowest BCUT2D eigenvalue weighted by Crippen LogP contribution is -2.58. The number of aliphatic hydroxyl groups excluding tert-OH is 1. The Morgan fingerprint density at radius 1 is 0.824 bits per heavy atom. The maximum atomic E-state index is 14.6. The van der Waals surface area contributed by atoms with E-state index in [1.54, 1.807) is 11.8 Å². The van der Waals surface area contributed by atoms with Crippen LogP contribution >= 0.6 is 0 Å². The number of nitrogens with one attached hydrogen (secondary N) is 2. The summed E-state index contributed by atoms with van der Waals surface area (Å²) in [5.74, 6) is -1.72. The van der Waals surface area contributed by atoms with Gasteiger partial charge in [-0.05, 0) is 53.0 Å². The monoisotopic (exact) mass is 702 g/mol. The molecular weight excluding hydrogens is 644 g/mol. The van der Waals surface area contributed by atoms with E-state index in [2.05, 4.69) is 10.6 Å². The SMILES string of the molecule is CCCC[C@H](NC(=O)[C@H](Cc1cccc2ccccc12)NC(=O)OCc1ccccc1)C(=O)N(CC(C)C)[C@@H](CC(C)C)[C@@H](O)C[C@H](C)C(N)=O. The molecule has 3 aromatic carbocycles. The molecule has 0 saturated heterocycles. The molecule has 0 saturated carbocycles. The van der Waals surface area contributed by atoms with Gasteiger partial charge in [-0.2, -0.15) is 0 Å². The number of alkyl carbamates (subject to hydrolysis) is 1. The van der Waals surface area contributed by atoms with Gasteiger partial charge in [0.1, 0.15) is 18.7 Å². The Morgan fingerprint density at radius 2 is 1.49 bits per heavy atom. The Kier molecular flexibility index (Phi) is 16.4. The van der Waals surface area contributed by atoms with E-state index < -0.39 is 48.1 Å². The Bertz CT molecular complexity index is 1560. The lowest BCUT2D eigenvalue weighted by molar-refractivity contribution is -0.143. The van der Waals surface area contributed by atoms with Crippen LogP contribution in [0.4, 0.5) is 4.79 Å². The second-order valence-electron chi connectivity index (χ2n) is 14.5. The number of unbranched alkanes of at least 4 members (excludes halogenated alkanes) is 1. The number of hydrogen-bond acceptors (Lipinski definition) is 6. The van der Waals surface area contributed by atoms with Crippen LogP contribution in [0.15, 0.2) is 72.8 Å². The third kappa shape index (κ3) is 13.0. The Labute approximate surface area is 303 Å². The van der Waals surface area contributed by atoms with Crippen molar-refractivity contribution in [3.63, 3.8) is 0 Å². The molecule has 0 aliphatic heterocycles. The van der Waals surface area contributed by atoms with Crippen molar-refractivity contribution >= 4 is 34.6 Å². The summed E-state index contributed by atoms with van der Waals surface area (Å²) in [6.07, 6.45) is 0.862. The van der Waals surface area contributed by atoms with Crippen molar-refractivity contribution in [1.82, 2.24) is 15.5 Å². The smallest absolute Gasteiger partial charge is 0.408 e. The summed E-state index contributed by atoms with van der Waals surface area (Å²) < 4.78 is 5.51. The van der Waals surface area contributed by atoms with Crippen LogP contribution in [0.5, 0.6) is 0 Å². The van der Waals surface area contributed by atoms with E-state index >= 15 is 0 Å². The molecular formula is C41H58N4O6. The number of ether oxygens (including phenoxy) is 1. The lowest BCUT2D eigenvalue weighted by Gasteiger charge is -2.40.